The summed E-state index contributed by atoms with van der Waals surface area (Å²) >= 11 is 0. The molecule has 35 heavy (non-hydrogen) atoms. The highest BCUT2D eigenvalue weighted by atomic mass is 28.4. The van der Waals surface area contributed by atoms with Gasteiger partial charge in [-0.25, -0.2) is 4.79 Å². The van der Waals surface area contributed by atoms with Gasteiger partial charge in [-0.2, -0.15) is 0 Å². The number of unbranched alkanes of at least 4 members (excludes halogenated alkanes) is 5. The molecule has 0 aliphatic carbocycles. The van der Waals surface area contributed by atoms with E-state index in [1.54, 1.807) is 0 Å². The van der Waals surface area contributed by atoms with Crippen LogP contribution in [0.2, 0.25) is 45.3 Å². The first-order chi connectivity index (χ1) is 16.2. The second-order valence-electron chi connectivity index (χ2n) is 10.8. The van der Waals surface area contributed by atoms with Crippen LogP contribution >= 0.6 is 0 Å². The van der Waals surface area contributed by atoms with E-state index in [0.717, 1.165) is 6.08 Å². The van der Waals surface area contributed by atoms with E-state index in [0.29, 0.717) is 6.23 Å². The quantitative estimate of drug-likeness (QED) is 0.0903. The van der Waals surface area contributed by atoms with Gasteiger partial charge in [0.05, 0.1) is 12.8 Å². The van der Waals surface area contributed by atoms with Crippen molar-refractivity contribution in [3.05, 3.63) is 24.1 Å². The lowest BCUT2D eigenvalue weighted by Gasteiger charge is -2.31. The molecule has 0 saturated carbocycles. The SMILES string of the molecule is C=CC(=O)OCC(O)COC[Si](C)(C)O[SiH2]O[Si](C)(C)C(=C)[SiH2]O[Si](C)(C)CCCCCCCC. The first-order valence-electron chi connectivity index (χ1n) is 12.9. The number of carbonyl (C=O) groups is 1. The molecule has 0 saturated heterocycles. The smallest absolute Gasteiger partial charge is 0.330 e. The van der Waals surface area contributed by atoms with Gasteiger partial charge >= 0.3 is 5.97 Å². The maximum Gasteiger partial charge on any atom is 0.330 e. The molecule has 0 aliphatic heterocycles. The number of carbonyl (C=O) groups excluding carboxylic acids is 1. The average Bonchev–Trinajstić information content (AvgIpc) is 2.77. The molecule has 0 aliphatic rings. The lowest BCUT2D eigenvalue weighted by molar-refractivity contribution is -0.141. The van der Waals surface area contributed by atoms with E-state index in [9.17, 15) is 9.90 Å². The van der Waals surface area contributed by atoms with Gasteiger partial charge < -0.3 is 26.9 Å². The molecule has 0 aromatic heterocycles. The molecule has 1 unspecified atom stereocenters. The molecule has 1 atom stereocenters. The van der Waals surface area contributed by atoms with Crippen LogP contribution < -0.4 is 0 Å². The number of aliphatic hydroxyl groups is 1. The summed E-state index contributed by atoms with van der Waals surface area (Å²) in [5.41, 5.74) is 0. The van der Waals surface area contributed by atoms with Gasteiger partial charge in [0.1, 0.15) is 12.7 Å². The lowest BCUT2D eigenvalue weighted by atomic mass is 10.1. The second-order valence-corrected chi connectivity index (χ2v) is 28.0. The molecule has 206 valence electrons. The van der Waals surface area contributed by atoms with Crippen LogP contribution in [0.25, 0.3) is 0 Å². The average molecular weight is 581 g/mol. The van der Waals surface area contributed by atoms with Gasteiger partial charge in [0, 0.05) is 6.08 Å². The van der Waals surface area contributed by atoms with Crippen molar-refractivity contribution in [2.75, 3.05) is 19.4 Å². The fraction of sp³-hybridized carbons (Fsp3) is 0.783. The van der Waals surface area contributed by atoms with Gasteiger partial charge in [0.2, 0.25) is 8.32 Å². The summed E-state index contributed by atoms with van der Waals surface area (Å²) in [6.45, 7) is 23.1. The Labute approximate surface area is 222 Å². The Morgan fingerprint density at radius 3 is 2.20 bits per heavy atom. The summed E-state index contributed by atoms with van der Waals surface area (Å²) in [4.78, 5) is 12.3. The predicted octanol–water partition coefficient (Wildman–Crippen LogP) is 3.79. The van der Waals surface area contributed by atoms with E-state index in [2.05, 4.69) is 59.4 Å². The largest absolute Gasteiger partial charge is 0.460 e. The Morgan fingerprint density at radius 1 is 0.943 bits per heavy atom. The zero-order valence-electron chi connectivity index (χ0n) is 23.5. The molecule has 0 radical (unpaired) electrons. The van der Waals surface area contributed by atoms with Crippen LogP contribution in [0.3, 0.4) is 0 Å². The molecule has 0 fully saturated rings. The van der Waals surface area contributed by atoms with Crippen LogP contribution in [0.15, 0.2) is 24.1 Å². The van der Waals surface area contributed by atoms with Crippen LogP contribution in [0.5, 0.6) is 0 Å². The maximum absolute atomic E-state index is 11.0. The van der Waals surface area contributed by atoms with E-state index in [1.165, 1.54) is 49.4 Å². The molecule has 0 rings (SSSR count). The standard InChI is InChI=1S/C23H52O7Si5/c1-10-12-13-14-15-16-17-33(4,5)28-31-21(3)35(8,9)30-32-29-34(6,7)20-26-18-22(24)19-27-23(25)11-2/h11,22,24H,2-3,10,12-20,31-32H2,1,4-9H3. The second kappa shape index (κ2) is 18.1. The number of rotatable bonds is 22. The van der Waals surface area contributed by atoms with Crippen molar-refractivity contribution in [1.29, 1.82) is 0 Å². The first kappa shape index (κ1) is 34.8. The molecule has 0 aromatic rings. The van der Waals surface area contributed by atoms with Gasteiger partial charge in [0.25, 0.3) is 10.0 Å². The minimum Gasteiger partial charge on any atom is -0.460 e. The predicted molar refractivity (Wildman–Crippen MR) is 158 cm³/mol. The van der Waals surface area contributed by atoms with Crippen molar-refractivity contribution in [1.82, 2.24) is 0 Å². The van der Waals surface area contributed by atoms with E-state index in [4.69, 9.17) is 21.8 Å². The van der Waals surface area contributed by atoms with E-state index in [1.807, 2.05) is 0 Å². The number of ether oxygens (including phenoxy) is 2. The highest BCUT2D eigenvalue weighted by Crippen LogP contribution is 2.20. The van der Waals surface area contributed by atoms with E-state index >= 15 is 0 Å². The summed E-state index contributed by atoms with van der Waals surface area (Å²) in [5.74, 6) is -0.559. The Kier molecular flexibility index (Phi) is 18.1. The molecule has 7 nitrogen and oxygen atoms in total. The monoisotopic (exact) mass is 580 g/mol. The molecular weight excluding hydrogens is 529 g/mol. The summed E-state index contributed by atoms with van der Waals surface area (Å²) in [7, 11) is -7.75. The van der Waals surface area contributed by atoms with Crippen LogP contribution in [-0.2, 0) is 26.6 Å². The van der Waals surface area contributed by atoms with Crippen molar-refractivity contribution in [2.45, 2.75) is 96.9 Å². The van der Waals surface area contributed by atoms with Crippen molar-refractivity contribution in [2.24, 2.45) is 0 Å². The van der Waals surface area contributed by atoms with Crippen molar-refractivity contribution >= 4 is 50.7 Å². The molecule has 0 heterocycles. The van der Waals surface area contributed by atoms with Gasteiger partial charge in [0.15, 0.2) is 26.4 Å². The van der Waals surface area contributed by atoms with Gasteiger partial charge in [-0.15, -0.1) is 6.58 Å². The van der Waals surface area contributed by atoms with Gasteiger partial charge in [-0.1, -0.05) is 56.8 Å². The minimum atomic E-state index is -2.07. The van der Waals surface area contributed by atoms with Crippen molar-refractivity contribution in [3.63, 3.8) is 0 Å². The number of esters is 1. The molecule has 0 spiro atoms. The summed E-state index contributed by atoms with van der Waals surface area (Å²) in [6.07, 6.45) is 8.57. The third-order valence-electron chi connectivity index (χ3n) is 5.83. The topological polar surface area (TPSA) is 83.5 Å². The molecule has 1 N–H and O–H groups in total. The third kappa shape index (κ3) is 18.7. The molecule has 12 heteroatoms. The van der Waals surface area contributed by atoms with Gasteiger partial charge in [-0.3, -0.25) is 0 Å². The zero-order chi connectivity index (χ0) is 27.0. The molecular formula is C23H52O7Si5. The Balaban J connectivity index is 4.23. The summed E-state index contributed by atoms with van der Waals surface area (Å²) in [6, 6.07) is 1.23. The summed E-state index contributed by atoms with van der Waals surface area (Å²) < 4.78 is 29.4. The molecule has 0 aromatic carbocycles. The van der Waals surface area contributed by atoms with E-state index < -0.39 is 56.8 Å². The fourth-order valence-corrected chi connectivity index (χ4v) is 14.9. The highest BCUT2D eigenvalue weighted by Gasteiger charge is 2.31. The fourth-order valence-electron chi connectivity index (χ4n) is 3.07. The number of aliphatic hydroxyl groups excluding tert-OH is 1. The molecule has 0 amide bonds. The lowest BCUT2D eigenvalue weighted by Crippen LogP contribution is -2.45. The number of hydrogen-bond donors (Lipinski definition) is 1. The third-order valence-corrected chi connectivity index (χ3v) is 24.0. The van der Waals surface area contributed by atoms with Crippen molar-refractivity contribution in [3.8, 4) is 0 Å². The van der Waals surface area contributed by atoms with Gasteiger partial charge in [-0.05, 0) is 45.3 Å². The minimum absolute atomic E-state index is 0.0883. The van der Waals surface area contributed by atoms with Crippen LogP contribution in [-0.4, -0.2) is 81.3 Å². The van der Waals surface area contributed by atoms with Crippen LogP contribution in [0.4, 0.5) is 0 Å². The Morgan fingerprint density at radius 2 is 1.57 bits per heavy atom. The van der Waals surface area contributed by atoms with E-state index in [-0.39, 0.29) is 13.2 Å². The molecule has 0 bridgehead atoms. The first-order valence-corrected chi connectivity index (χ1v) is 24.5. The number of hydrogen-bond acceptors (Lipinski definition) is 7. The Bertz CT molecular complexity index is 629. The summed E-state index contributed by atoms with van der Waals surface area (Å²) in [5, 5.41) is 9.85. The van der Waals surface area contributed by atoms with Crippen molar-refractivity contribution < 1.29 is 31.7 Å². The zero-order valence-corrected chi connectivity index (χ0v) is 29.3. The van der Waals surface area contributed by atoms with Crippen LogP contribution in [0.1, 0.15) is 45.4 Å². The highest BCUT2D eigenvalue weighted by molar-refractivity contribution is 6.92. The maximum atomic E-state index is 11.0. The normalized spacial score (nSPS) is 14.2. The van der Waals surface area contributed by atoms with Crippen LogP contribution in [0, 0.1) is 0 Å². The Hall–Kier alpha value is -0.166.